The second-order valence-electron chi connectivity index (χ2n) is 6.04. The van der Waals surface area contributed by atoms with Crippen LogP contribution in [0.4, 0.5) is 0 Å². The summed E-state index contributed by atoms with van der Waals surface area (Å²) in [6, 6.07) is 6.72. The number of fused-ring (bicyclic) bond motifs is 1. The summed E-state index contributed by atoms with van der Waals surface area (Å²) >= 11 is 0. The number of aryl methyl sites for hydroxylation is 1. The maximum absolute atomic E-state index is 12.6. The lowest BCUT2D eigenvalue weighted by Gasteiger charge is -2.47. The fourth-order valence-corrected chi connectivity index (χ4v) is 4.43. The zero-order valence-electron chi connectivity index (χ0n) is 11.7. The van der Waals surface area contributed by atoms with Gasteiger partial charge in [0, 0.05) is 6.54 Å². The van der Waals surface area contributed by atoms with E-state index in [1.807, 2.05) is 6.92 Å². The molecular formula is C14H17NO4S. The molecule has 2 heterocycles. The molecule has 1 aromatic carbocycles. The first-order valence-corrected chi connectivity index (χ1v) is 7.93. The molecule has 0 unspecified atom stereocenters. The van der Waals surface area contributed by atoms with Gasteiger partial charge in [-0.2, -0.15) is 4.31 Å². The molecule has 108 valence electrons. The lowest BCUT2D eigenvalue weighted by molar-refractivity contribution is -0.220. The van der Waals surface area contributed by atoms with Crippen LogP contribution in [0.5, 0.6) is 0 Å². The van der Waals surface area contributed by atoms with Crippen LogP contribution in [-0.2, 0) is 19.6 Å². The predicted octanol–water partition coefficient (Wildman–Crippen LogP) is 1.32. The Kier molecular flexibility index (Phi) is 2.60. The summed E-state index contributed by atoms with van der Waals surface area (Å²) in [5, 5.41) is 0. The van der Waals surface area contributed by atoms with Gasteiger partial charge in [0.15, 0.2) is 0 Å². The maximum atomic E-state index is 12.6. The van der Waals surface area contributed by atoms with Crippen molar-refractivity contribution in [2.75, 3.05) is 13.1 Å². The van der Waals surface area contributed by atoms with E-state index in [1.54, 1.807) is 38.1 Å². The van der Waals surface area contributed by atoms with E-state index >= 15 is 0 Å². The number of esters is 1. The number of hydrogen-bond acceptors (Lipinski definition) is 4. The topological polar surface area (TPSA) is 63.7 Å². The molecule has 2 aliphatic heterocycles. The molecule has 5 nitrogen and oxygen atoms in total. The molecule has 3 rings (SSSR count). The van der Waals surface area contributed by atoms with Gasteiger partial charge in [-0.25, -0.2) is 8.42 Å². The molecule has 0 spiro atoms. The van der Waals surface area contributed by atoms with E-state index in [4.69, 9.17) is 4.74 Å². The van der Waals surface area contributed by atoms with Crippen molar-refractivity contribution in [2.45, 2.75) is 31.3 Å². The summed E-state index contributed by atoms with van der Waals surface area (Å²) in [7, 11) is -3.58. The number of ether oxygens (including phenoxy) is 1. The summed E-state index contributed by atoms with van der Waals surface area (Å²) in [6.07, 6.45) is 0. The highest BCUT2D eigenvalue weighted by Gasteiger charge is 2.69. The van der Waals surface area contributed by atoms with Crippen LogP contribution < -0.4 is 0 Å². The summed E-state index contributed by atoms with van der Waals surface area (Å²) < 4.78 is 31.8. The Balaban J connectivity index is 1.95. The molecule has 2 saturated heterocycles. The van der Waals surface area contributed by atoms with Gasteiger partial charge in [-0.3, -0.25) is 4.79 Å². The van der Waals surface area contributed by atoms with Crippen molar-refractivity contribution in [3.63, 3.8) is 0 Å². The number of hydrogen-bond donors (Lipinski definition) is 0. The Labute approximate surface area is 118 Å². The summed E-state index contributed by atoms with van der Waals surface area (Å²) in [6.45, 7) is 5.85. The van der Waals surface area contributed by atoms with Crippen LogP contribution in [0.3, 0.4) is 0 Å². The monoisotopic (exact) mass is 295 g/mol. The van der Waals surface area contributed by atoms with Gasteiger partial charge in [0.2, 0.25) is 10.0 Å². The van der Waals surface area contributed by atoms with Crippen molar-refractivity contribution in [1.29, 1.82) is 0 Å². The average molecular weight is 295 g/mol. The number of carbonyl (C=O) groups excluding carboxylic acids is 1. The van der Waals surface area contributed by atoms with Crippen LogP contribution in [0.15, 0.2) is 29.2 Å². The van der Waals surface area contributed by atoms with Crippen molar-refractivity contribution in [3.05, 3.63) is 29.8 Å². The highest BCUT2D eigenvalue weighted by atomic mass is 32.2. The lowest BCUT2D eigenvalue weighted by atomic mass is 9.72. The minimum Gasteiger partial charge on any atom is -0.456 e. The van der Waals surface area contributed by atoms with E-state index in [2.05, 4.69) is 0 Å². The van der Waals surface area contributed by atoms with Gasteiger partial charge in [-0.1, -0.05) is 17.7 Å². The third-order valence-corrected chi connectivity index (χ3v) is 6.37. The number of carbonyl (C=O) groups is 1. The minimum absolute atomic E-state index is 0.179. The number of nitrogens with zero attached hydrogens (tertiary/aromatic N) is 1. The molecule has 20 heavy (non-hydrogen) atoms. The number of sulfonamides is 1. The Bertz CT molecular complexity index is 682. The fraction of sp³-hybridized carbons (Fsp3) is 0.500. The van der Waals surface area contributed by atoms with E-state index < -0.39 is 21.0 Å². The standard InChI is InChI=1S/C14H17NO4S/c1-10-4-6-11(7-5-10)20(17,18)15-8-13(2)12(16)19-14(13,3)9-15/h4-7H,8-9H2,1-3H3/t13-,14-/m1/s1. The van der Waals surface area contributed by atoms with Crippen molar-refractivity contribution < 1.29 is 17.9 Å². The van der Waals surface area contributed by atoms with Gasteiger partial charge in [0.05, 0.1) is 11.4 Å². The highest BCUT2D eigenvalue weighted by Crippen LogP contribution is 2.52. The smallest absolute Gasteiger partial charge is 0.317 e. The third-order valence-electron chi connectivity index (χ3n) is 4.57. The first-order chi connectivity index (χ1) is 9.19. The molecule has 0 aromatic heterocycles. The van der Waals surface area contributed by atoms with Crippen molar-refractivity contribution in [3.8, 4) is 0 Å². The van der Waals surface area contributed by atoms with Crippen molar-refractivity contribution in [2.24, 2.45) is 5.41 Å². The molecule has 6 heteroatoms. The van der Waals surface area contributed by atoms with Crippen LogP contribution >= 0.6 is 0 Å². The first-order valence-electron chi connectivity index (χ1n) is 6.49. The highest BCUT2D eigenvalue weighted by molar-refractivity contribution is 7.89. The molecule has 0 amide bonds. The Morgan fingerprint density at radius 1 is 1.15 bits per heavy atom. The van der Waals surface area contributed by atoms with Crippen molar-refractivity contribution in [1.82, 2.24) is 4.31 Å². The van der Waals surface area contributed by atoms with Crippen LogP contribution in [0.25, 0.3) is 0 Å². The zero-order chi connectivity index (χ0) is 14.8. The average Bonchev–Trinajstić information content (AvgIpc) is 2.59. The van der Waals surface area contributed by atoms with Gasteiger partial charge < -0.3 is 4.74 Å². The van der Waals surface area contributed by atoms with Crippen LogP contribution in [-0.4, -0.2) is 37.4 Å². The summed E-state index contributed by atoms with van der Waals surface area (Å²) in [5.74, 6) is -0.318. The lowest BCUT2D eigenvalue weighted by Crippen LogP contribution is -2.62. The van der Waals surface area contributed by atoms with E-state index in [1.165, 1.54) is 4.31 Å². The van der Waals surface area contributed by atoms with E-state index in [9.17, 15) is 13.2 Å². The summed E-state index contributed by atoms with van der Waals surface area (Å²) in [5.41, 5.74) is -0.435. The van der Waals surface area contributed by atoms with E-state index in [0.29, 0.717) is 0 Å². The predicted molar refractivity (Wildman–Crippen MR) is 72.5 cm³/mol. The molecule has 2 aliphatic rings. The maximum Gasteiger partial charge on any atom is 0.317 e. The number of rotatable bonds is 2. The van der Waals surface area contributed by atoms with Gasteiger partial charge in [-0.05, 0) is 32.9 Å². The van der Waals surface area contributed by atoms with Gasteiger partial charge in [0.25, 0.3) is 0 Å². The molecule has 0 aliphatic carbocycles. The third kappa shape index (κ3) is 1.58. The second-order valence-corrected chi connectivity index (χ2v) is 7.98. The van der Waals surface area contributed by atoms with Crippen molar-refractivity contribution >= 4 is 16.0 Å². The van der Waals surface area contributed by atoms with Gasteiger partial charge >= 0.3 is 5.97 Å². The molecular weight excluding hydrogens is 278 g/mol. The van der Waals surface area contributed by atoms with Crippen LogP contribution in [0, 0.1) is 12.3 Å². The normalized spacial score (nSPS) is 33.5. The Morgan fingerprint density at radius 2 is 1.75 bits per heavy atom. The SMILES string of the molecule is Cc1ccc(S(=O)(=O)N2C[C@@]3(C)OC(=O)[C@@]3(C)C2)cc1. The minimum atomic E-state index is -3.58. The Hall–Kier alpha value is -1.40. The largest absolute Gasteiger partial charge is 0.456 e. The molecule has 1 aromatic rings. The number of benzene rings is 1. The fourth-order valence-electron chi connectivity index (χ4n) is 2.81. The van der Waals surface area contributed by atoms with E-state index in [0.717, 1.165) is 5.56 Å². The Morgan fingerprint density at radius 3 is 2.25 bits per heavy atom. The van der Waals surface area contributed by atoms with E-state index in [-0.39, 0.29) is 24.0 Å². The molecule has 2 fully saturated rings. The summed E-state index contributed by atoms with van der Waals surface area (Å²) in [4.78, 5) is 11.9. The first kappa shape index (κ1) is 13.6. The van der Waals surface area contributed by atoms with Gasteiger partial charge in [-0.15, -0.1) is 0 Å². The molecule has 0 bridgehead atoms. The molecule has 0 radical (unpaired) electrons. The quantitative estimate of drug-likeness (QED) is 0.772. The zero-order valence-corrected chi connectivity index (χ0v) is 12.5. The molecule has 2 atom stereocenters. The van der Waals surface area contributed by atoms with Crippen LogP contribution in [0.1, 0.15) is 19.4 Å². The van der Waals surface area contributed by atoms with Crippen LogP contribution in [0.2, 0.25) is 0 Å². The van der Waals surface area contributed by atoms with Gasteiger partial charge in [0.1, 0.15) is 11.0 Å². The second kappa shape index (κ2) is 3.83. The molecule has 0 saturated carbocycles. The molecule has 0 N–H and O–H groups in total.